The number of ether oxygens (including phenoxy) is 3. The van der Waals surface area contributed by atoms with Crippen LogP contribution in [0.4, 0.5) is 11.4 Å². The van der Waals surface area contributed by atoms with Crippen LogP contribution >= 0.6 is 0 Å². The highest BCUT2D eigenvalue weighted by molar-refractivity contribution is 5.97. The molecule has 1 atom stereocenters. The number of methoxy groups -OCH3 is 1. The number of esters is 1. The van der Waals surface area contributed by atoms with E-state index in [0.717, 1.165) is 11.1 Å². The van der Waals surface area contributed by atoms with Crippen LogP contribution in [0.2, 0.25) is 0 Å². The molecule has 154 valence electrons. The first-order chi connectivity index (χ1) is 13.7. The molecule has 0 aliphatic carbocycles. The molecule has 2 aromatic carbocycles. The van der Waals surface area contributed by atoms with Crippen molar-refractivity contribution in [3.05, 3.63) is 57.6 Å². The third-order valence-corrected chi connectivity index (χ3v) is 4.24. The van der Waals surface area contributed by atoms with Gasteiger partial charge in [0.05, 0.1) is 18.1 Å². The van der Waals surface area contributed by atoms with E-state index in [2.05, 4.69) is 5.32 Å². The predicted molar refractivity (Wildman–Crippen MR) is 105 cm³/mol. The second kappa shape index (κ2) is 9.54. The topological polar surface area (TPSA) is 117 Å². The highest BCUT2D eigenvalue weighted by Gasteiger charge is 2.23. The summed E-state index contributed by atoms with van der Waals surface area (Å²) < 4.78 is 15.4. The van der Waals surface area contributed by atoms with Gasteiger partial charge in [0.1, 0.15) is 17.2 Å². The third kappa shape index (κ3) is 5.68. The average molecular weight is 402 g/mol. The van der Waals surface area contributed by atoms with Gasteiger partial charge in [-0.05, 0) is 50.1 Å². The standard InChI is InChI=1S/C20H22N2O7/c1-12-6-5-7-18(13(12)2)28-11-19(23)29-14(3)20(24)21-16-9-8-15(27-4)10-17(16)22(25)26/h5-10,14H,11H2,1-4H3,(H,21,24)/t14-/m1/s1. The fourth-order valence-electron chi connectivity index (χ4n) is 2.43. The van der Waals surface area contributed by atoms with Gasteiger partial charge in [-0.1, -0.05) is 12.1 Å². The first-order valence-electron chi connectivity index (χ1n) is 8.74. The molecule has 0 saturated heterocycles. The van der Waals surface area contributed by atoms with E-state index in [1.165, 1.54) is 32.2 Å². The van der Waals surface area contributed by atoms with E-state index in [9.17, 15) is 19.7 Å². The molecule has 2 rings (SSSR count). The van der Waals surface area contributed by atoms with E-state index in [4.69, 9.17) is 14.2 Å². The SMILES string of the molecule is COc1ccc(NC(=O)[C@@H](C)OC(=O)COc2cccc(C)c2C)c([N+](=O)[O-])c1. The van der Waals surface area contributed by atoms with Crippen LogP contribution in [-0.2, 0) is 14.3 Å². The summed E-state index contributed by atoms with van der Waals surface area (Å²) >= 11 is 0. The molecule has 29 heavy (non-hydrogen) atoms. The fourth-order valence-corrected chi connectivity index (χ4v) is 2.43. The molecular weight excluding hydrogens is 380 g/mol. The minimum Gasteiger partial charge on any atom is -0.496 e. The van der Waals surface area contributed by atoms with Crippen LogP contribution in [0.1, 0.15) is 18.1 Å². The average Bonchev–Trinajstić information content (AvgIpc) is 2.69. The number of nitro groups is 1. The number of nitrogens with zero attached hydrogens (tertiary/aromatic N) is 1. The smallest absolute Gasteiger partial charge is 0.344 e. The summed E-state index contributed by atoms with van der Waals surface area (Å²) in [5, 5.41) is 13.6. The quantitative estimate of drug-likeness (QED) is 0.409. The van der Waals surface area contributed by atoms with Crippen LogP contribution in [0.3, 0.4) is 0 Å². The van der Waals surface area contributed by atoms with Crippen LogP contribution in [0.5, 0.6) is 11.5 Å². The summed E-state index contributed by atoms with van der Waals surface area (Å²) in [6.45, 7) is 4.78. The van der Waals surface area contributed by atoms with Crippen molar-refractivity contribution in [1.82, 2.24) is 0 Å². The van der Waals surface area contributed by atoms with Crippen LogP contribution in [0, 0.1) is 24.0 Å². The van der Waals surface area contributed by atoms with Crippen LogP contribution in [0.25, 0.3) is 0 Å². The summed E-state index contributed by atoms with van der Waals surface area (Å²) in [6.07, 6.45) is -1.17. The number of aryl methyl sites for hydroxylation is 1. The van der Waals surface area contributed by atoms with E-state index >= 15 is 0 Å². The normalized spacial score (nSPS) is 11.3. The Morgan fingerprint density at radius 3 is 2.59 bits per heavy atom. The van der Waals surface area contributed by atoms with Gasteiger partial charge in [0.2, 0.25) is 0 Å². The molecule has 0 bridgehead atoms. The highest BCUT2D eigenvalue weighted by Crippen LogP contribution is 2.29. The Bertz CT molecular complexity index is 927. The number of benzene rings is 2. The molecule has 1 amide bonds. The lowest BCUT2D eigenvalue weighted by Crippen LogP contribution is -2.31. The molecule has 9 nitrogen and oxygen atoms in total. The van der Waals surface area contributed by atoms with Crippen LogP contribution in [0.15, 0.2) is 36.4 Å². The molecule has 0 aliphatic rings. The summed E-state index contributed by atoms with van der Waals surface area (Å²) in [5.41, 5.74) is 1.55. The van der Waals surface area contributed by atoms with Crippen LogP contribution in [-0.4, -0.2) is 36.6 Å². The second-order valence-corrected chi connectivity index (χ2v) is 6.25. The Balaban J connectivity index is 1.96. The lowest BCUT2D eigenvalue weighted by Gasteiger charge is -2.15. The van der Waals surface area contributed by atoms with Crippen molar-refractivity contribution in [3.63, 3.8) is 0 Å². The number of hydrogen-bond acceptors (Lipinski definition) is 7. The number of amides is 1. The Morgan fingerprint density at radius 1 is 1.21 bits per heavy atom. The lowest BCUT2D eigenvalue weighted by molar-refractivity contribution is -0.384. The molecule has 0 heterocycles. The predicted octanol–water partition coefficient (Wildman–Crippen LogP) is 3.17. The van der Waals surface area contributed by atoms with Crippen LogP contribution < -0.4 is 14.8 Å². The molecule has 0 fully saturated rings. The van der Waals surface area contributed by atoms with Gasteiger partial charge < -0.3 is 19.5 Å². The van der Waals surface area contributed by atoms with E-state index in [1.807, 2.05) is 19.9 Å². The van der Waals surface area contributed by atoms with Crippen molar-refractivity contribution >= 4 is 23.3 Å². The second-order valence-electron chi connectivity index (χ2n) is 6.25. The highest BCUT2D eigenvalue weighted by atomic mass is 16.6. The van der Waals surface area contributed by atoms with Gasteiger partial charge in [-0.15, -0.1) is 0 Å². The van der Waals surface area contributed by atoms with Crippen molar-refractivity contribution in [1.29, 1.82) is 0 Å². The number of nitro benzene ring substituents is 1. The summed E-state index contributed by atoms with van der Waals surface area (Å²) in [4.78, 5) is 34.8. The third-order valence-electron chi connectivity index (χ3n) is 4.24. The summed E-state index contributed by atoms with van der Waals surface area (Å²) in [6, 6.07) is 9.45. The molecule has 0 aliphatic heterocycles. The number of rotatable bonds is 8. The molecule has 0 spiro atoms. The van der Waals surface area contributed by atoms with Gasteiger partial charge in [-0.25, -0.2) is 4.79 Å². The maximum Gasteiger partial charge on any atom is 0.344 e. The number of nitrogens with one attached hydrogen (secondary N) is 1. The Hall–Kier alpha value is -3.62. The fraction of sp³-hybridized carbons (Fsp3) is 0.300. The maximum atomic E-state index is 12.3. The first kappa shape index (κ1) is 21.7. The summed E-state index contributed by atoms with van der Waals surface area (Å²) in [7, 11) is 1.37. The molecule has 0 unspecified atom stereocenters. The van der Waals surface area contributed by atoms with E-state index in [-0.39, 0.29) is 23.7 Å². The first-order valence-corrected chi connectivity index (χ1v) is 8.74. The van der Waals surface area contributed by atoms with Gasteiger partial charge >= 0.3 is 5.97 Å². The van der Waals surface area contributed by atoms with Crippen molar-refractivity contribution < 1.29 is 28.7 Å². The molecule has 1 N–H and O–H groups in total. The van der Waals surface area contributed by atoms with E-state index in [1.54, 1.807) is 12.1 Å². The maximum absolute atomic E-state index is 12.3. The van der Waals surface area contributed by atoms with Crippen molar-refractivity contribution in [3.8, 4) is 11.5 Å². The molecule has 0 radical (unpaired) electrons. The van der Waals surface area contributed by atoms with Crippen molar-refractivity contribution in [2.75, 3.05) is 19.0 Å². The minimum absolute atomic E-state index is 0.0321. The van der Waals surface area contributed by atoms with Gasteiger partial charge in [-0.2, -0.15) is 0 Å². The van der Waals surface area contributed by atoms with Gasteiger partial charge in [0, 0.05) is 0 Å². The largest absolute Gasteiger partial charge is 0.496 e. The molecule has 0 aromatic heterocycles. The monoisotopic (exact) mass is 402 g/mol. The molecular formula is C20H22N2O7. The van der Waals surface area contributed by atoms with Gasteiger partial charge in [0.15, 0.2) is 12.7 Å². The Morgan fingerprint density at radius 2 is 1.93 bits per heavy atom. The molecule has 2 aromatic rings. The lowest BCUT2D eigenvalue weighted by atomic mass is 10.1. The Kier molecular flexibility index (Phi) is 7.13. The number of carbonyl (C=O) groups is 2. The zero-order valence-corrected chi connectivity index (χ0v) is 16.6. The van der Waals surface area contributed by atoms with E-state index < -0.39 is 22.9 Å². The minimum atomic E-state index is -1.17. The van der Waals surface area contributed by atoms with Crippen molar-refractivity contribution in [2.45, 2.75) is 26.9 Å². The number of anilines is 1. The zero-order valence-electron chi connectivity index (χ0n) is 16.6. The van der Waals surface area contributed by atoms with Crippen molar-refractivity contribution in [2.24, 2.45) is 0 Å². The number of carbonyl (C=O) groups excluding carboxylic acids is 2. The molecule has 9 heteroatoms. The number of hydrogen-bond donors (Lipinski definition) is 1. The van der Waals surface area contributed by atoms with E-state index in [0.29, 0.717) is 5.75 Å². The molecule has 0 saturated carbocycles. The Labute approximate surface area is 167 Å². The van der Waals surface area contributed by atoms with Gasteiger partial charge in [0.25, 0.3) is 11.6 Å². The summed E-state index contributed by atoms with van der Waals surface area (Å²) in [5.74, 6) is -0.623. The zero-order chi connectivity index (χ0) is 21.6. The van der Waals surface area contributed by atoms with Gasteiger partial charge in [-0.3, -0.25) is 14.9 Å².